The largest absolute Gasteiger partial charge is 0.464 e. The predicted molar refractivity (Wildman–Crippen MR) is 103 cm³/mol. The minimum Gasteiger partial charge on any atom is -0.464 e. The highest BCUT2D eigenvalue weighted by molar-refractivity contribution is 8.76. The molecule has 154 valence electrons. The summed E-state index contributed by atoms with van der Waals surface area (Å²) in [6.45, 7) is 3.53. The van der Waals surface area contributed by atoms with E-state index in [-0.39, 0.29) is 37.6 Å². The summed E-state index contributed by atoms with van der Waals surface area (Å²) >= 11 is 0. The molecule has 0 radical (unpaired) electrons. The van der Waals surface area contributed by atoms with Gasteiger partial charge >= 0.3 is 11.9 Å². The maximum atomic E-state index is 11.9. The van der Waals surface area contributed by atoms with E-state index in [0.29, 0.717) is 0 Å². The first-order valence-corrected chi connectivity index (χ1v) is 10.8. The van der Waals surface area contributed by atoms with E-state index in [2.05, 4.69) is 10.6 Å². The van der Waals surface area contributed by atoms with Crippen molar-refractivity contribution in [3.63, 3.8) is 0 Å². The van der Waals surface area contributed by atoms with Gasteiger partial charge in [0.2, 0.25) is 11.8 Å². The lowest BCUT2D eigenvalue weighted by molar-refractivity contribution is -0.147. The number of nitrogens with zero attached hydrogens (tertiary/aromatic N) is 2. The molecule has 0 aromatic rings. The van der Waals surface area contributed by atoms with E-state index in [1.165, 1.54) is 21.6 Å². The first-order chi connectivity index (χ1) is 13.4. The molecular weight excluding hydrogens is 408 g/mol. The molecule has 0 aromatic heterocycles. The van der Waals surface area contributed by atoms with Crippen LogP contribution < -0.4 is 10.6 Å². The van der Waals surface area contributed by atoms with Crippen molar-refractivity contribution in [2.75, 3.05) is 24.7 Å². The average Bonchev–Trinajstić information content (AvgIpc) is 2.63. The monoisotopic (exact) mass is 430 g/mol. The predicted octanol–water partition coefficient (Wildman–Crippen LogP) is 0.291. The highest BCUT2D eigenvalue weighted by Gasteiger charge is 2.25. The lowest BCUT2D eigenvalue weighted by Gasteiger charge is -2.18. The van der Waals surface area contributed by atoms with Gasteiger partial charge in [0.05, 0.1) is 25.4 Å². The van der Waals surface area contributed by atoms with Crippen LogP contribution in [-0.2, 0) is 28.7 Å². The van der Waals surface area contributed by atoms with E-state index in [9.17, 15) is 19.2 Å². The molecule has 2 amide bonds. The van der Waals surface area contributed by atoms with Gasteiger partial charge in [0.1, 0.15) is 24.9 Å². The van der Waals surface area contributed by atoms with Crippen LogP contribution in [0, 0.1) is 22.7 Å². The number of hydrogen-bond acceptors (Lipinski definition) is 10. The van der Waals surface area contributed by atoms with Gasteiger partial charge in [-0.1, -0.05) is 21.6 Å². The van der Waals surface area contributed by atoms with E-state index >= 15 is 0 Å². The quantitative estimate of drug-likeness (QED) is 0.236. The Balaban J connectivity index is 4.70. The van der Waals surface area contributed by atoms with E-state index in [1.807, 2.05) is 0 Å². The van der Waals surface area contributed by atoms with Crippen LogP contribution in [0.5, 0.6) is 0 Å². The van der Waals surface area contributed by atoms with Crippen molar-refractivity contribution in [2.45, 2.75) is 38.8 Å². The van der Waals surface area contributed by atoms with Gasteiger partial charge in [0.25, 0.3) is 0 Å². The molecule has 28 heavy (non-hydrogen) atoms. The van der Waals surface area contributed by atoms with Crippen LogP contribution >= 0.6 is 21.6 Å². The molecule has 2 atom stereocenters. The lowest BCUT2D eigenvalue weighted by atomic mass is 10.3. The van der Waals surface area contributed by atoms with Crippen LogP contribution in [0.3, 0.4) is 0 Å². The van der Waals surface area contributed by atoms with Crippen LogP contribution in [0.1, 0.15) is 26.7 Å². The van der Waals surface area contributed by atoms with Crippen molar-refractivity contribution >= 4 is 45.3 Å². The van der Waals surface area contributed by atoms with Crippen molar-refractivity contribution in [1.82, 2.24) is 10.6 Å². The van der Waals surface area contributed by atoms with Crippen molar-refractivity contribution < 1.29 is 28.7 Å². The molecule has 0 bridgehead atoms. The Morgan fingerprint density at radius 3 is 1.46 bits per heavy atom. The van der Waals surface area contributed by atoms with Crippen LogP contribution in [-0.4, -0.2) is 60.6 Å². The fourth-order valence-corrected chi connectivity index (χ4v) is 3.99. The number of amides is 2. The molecule has 0 saturated heterocycles. The summed E-state index contributed by atoms with van der Waals surface area (Å²) in [6, 6.07) is 1.47. The third-order valence-corrected chi connectivity index (χ3v) is 5.27. The standard InChI is InChI=1S/C16H22N4O6S2/c1-3-25-15(23)11(19-13(21)5-7-17)9-27-28-10-12(16(24)26-4-2)20-14(22)6-8-18/h11-12H,3-6,9-10H2,1-2H3,(H,19,21)(H,20,22)/t11-,12-/m0/s1. The zero-order valence-electron chi connectivity index (χ0n) is 15.6. The minimum absolute atomic E-state index is 0.127. The summed E-state index contributed by atoms with van der Waals surface area (Å²) in [5, 5.41) is 21.9. The number of carbonyl (C=O) groups excluding carboxylic acids is 4. The summed E-state index contributed by atoms with van der Waals surface area (Å²) in [4.78, 5) is 46.9. The van der Waals surface area contributed by atoms with E-state index < -0.39 is 35.8 Å². The van der Waals surface area contributed by atoms with Gasteiger partial charge in [-0.05, 0) is 13.8 Å². The van der Waals surface area contributed by atoms with E-state index in [4.69, 9.17) is 20.0 Å². The SMILES string of the molecule is CCOC(=O)[C@H](CSSC[C@H](NC(=O)CC#N)C(=O)OCC)NC(=O)CC#N. The van der Waals surface area contributed by atoms with Crippen LogP contribution in [0.15, 0.2) is 0 Å². The second-order valence-electron chi connectivity index (χ2n) is 4.98. The highest BCUT2D eigenvalue weighted by Crippen LogP contribution is 2.23. The number of carbonyl (C=O) groups is 4. The number of nitriles is 2. The Morgan fingerprint density at radius 2 is 1.18 bits per heavy atom. The molecule has 0 fully saturated rings. The number of esters is 2. The zero-order chi connectivity index (χ0) is 21.4. The van der Waals surface area contributed by atoms with E-state index in [1.54, 1.807) is 26.0 Å². The summed E-state index contributed by atoms with van der Waals surface area (Å²) in [5.74, 6) is -2.21. The zero-order valence-corrected chi connectivity index (χ0v) is 17.2. The molecule has 0 unspecified atom stereocenters. The Labute approximate surface area is 171 Å². The van der Waals surface area contributed by atoms with Crippen molar-refractivity contribution in [3.8, 4) is 12.1 Å². The Hall–Kier alpha value is -2.44. The summed E-state index contributed by atoms with van der Waals surface area (Å²) < 4.78 is 9.78. The maximum absolute atomic E-state index is 11.9. The summed E-state index contributed by atoms with van der Waals surface area (Å²) in [5.41, 5.74) is 0. The van der Waals surface area contributed by atoms with Crippen LogP contribution in [0.25, 0.3) is 0 Å². The molecule has 2 N–H and O–H groups in total. The molecule has 0 spiro atoms. The summed E-state index contributed by atoms with van der Waals surface area (Å²) in [6.07, 6.45) is -0.771. The average molecular weight is 431 g/mol. The van der Waals surface area contributed by atoms with Crippen molar-refractivity contribution in [1.29, 1.82) is 10.5 Å². The minimum atomic E-state index is -0.951. The fraction of sp³-hybridized carbons (Fsp3) is 0.625. The Kier molecular flexibility index (Phi) is 14.2. The Bertz CT molecular complexity index is 578. The van der Waals surface area contributed by atoms with E-state index in [0.717, 1.165) is 0 Å². The fourth-order valence-electron chi connectivity index (χ4n) is 1.69. The van der Waals surface area contributed by atoms with Gasteiger partial charge < -0.3 is 20.1 Å². The van der Waals surface area contributed by atoms with Gasteiger partial charge in [-0.25, -0.2) is 9.59 Å². The molecule has 0 heterocycles. The second kappa shape index (κ2) is 15.6. The molecule has 10 nitrogen and oxygen atoms in total. The van der Waals surface area contributed by atoms with Crippen molar-refractivity contribution in [3.05, 3.63) is 0 Å². The first-order valence-electron chi connectivity index (χ1n) is 8.29. The molecule has 0 aromatic carbocycles. The smallest absolute Gasteiger partial charge is 0.329 e. The molecule has 0 aliphatic carbocycles. The molecule has 0 aliphatic rings. The van der Waals surface area contributed by atoms with Gasteiger partial charge in [0, 0.05) is 11.5 Å². The Morgan fingerprint density at radius 1 is 0.821 bits per heavy atom. The van der Waals surface area contributed by atoms with Gasteiger partial charge in [-0.2, -0.15) is 10.5 Å². The van der Waals surface area contributed by atoms with Crippen LogP contribution in [0.4, 0.5) is 0 Å². The third-order valence-electron chi connectivity index (χ3n) is 2.84. The number of hydrogen-bond donors (Lipinski definition) is 2. The second-order valence-corrected chi connectivity index (χ2v) is 7.54. The number of ether oxygens (including phenoxy) is 2. The molecule has 0 saturated carbocycles. The normalized spacial score (nSPS) is 11.9. The number of rotatable bonds is 13. The summed E-state index contributed by atoms with van der Waals surface area (Å²) in [7, 11) is 2.35. The molecular formula is C16H22N4O6S2. The topological polar surface area (TPSA) is 158 Å². The lowest BCUT2D eigenvalue weighted by Crippen LogP contribution is -2.44. The van der Waals surface area contributed by atoms with Gasteiger partial charge in [0.15, 0.2) is 0 Å². The maximum Gasteiger partial charge on any atom is 0.329 e. The molecule has 0 rings (SSSR count). The molecule has 12 heteroatoms. The van der Waals surface area contributed by atoms with Crippen LogP contribution in [0.2, 0.25) is 0 Å². The van der Waals surface area contributed by atoms with Crippen molar-refractivity contribution in [2.24, 2.45) is 0 Å². The molecule has 0 aliphatic heterocycles. The first kappa shape index (κ1) is 25.6. The van der Waals surface area contributed by atoms with Gasteiger partial charge in [-0.3, -0.25) is 9.59 Å². The highest BCUT2D eigenvalue weighted by atomic mass is 33.1. The van der Waals surface area contributed by atoms with Gasteiger partial charge in [-0.15, -0.1) is 0 Å². The number of nitrogens with one attached hydrogen (secondary N) is 2. The third kappa shape index (κ3) is 11.3.